The van der Waals surface area contributed by atoms with Crippen LogP contribution in [-0.2, 0) is 20.7 Å². The molecule has 1 aliphatic heterocycles. The molecule has 0 bridgehead atoms. The first-order chi connectivity index (χ1) is 12.4. The number of nitrogens with zero attached hydrogens (tertiary/aromatic N) is 2. The van der Waals surface area contributed by atoms with Crippen LogP contribution in [0.2, 0.25) is 0 Å². The van der Waals surface area contributed by atoms with Crippen molar-refractivity contribution in [1.29, 1.82) is 0 Å². The van der Waals surface area contributed by atoms with Crippen LogP contribution in [0, 0.1) is 15.9 Å². The number of primary amides is 1. The Morgan fingerprint density at radius 2 is 2.12 bits per heavy atom. The van der Waals surface area contributed by atoms with Gasteiger partial charge in [-0.05, 0) is 0 Å². The summed E-state index contributed by atoms with van der Waals surface area (Å²) < 4.78 is 29.6. The van der Waals surface area contributed by atoms with Crippen LogP contribution in [0.1, 0.15) is 5.56 Å². The van der Waals surface area contributed by atoms with Crippen molar-refractivity contribution >= 4 is 11.6 Å². The molecule has 1 aromatic carbocycles. The van der Waals surface area contributed by atoms with Gasteiger partial charge in [0, 0.05) is 44.3 Å². The van der Waals surface area contributed by atoms with Crippen molar-refractivity contribution < 1.29 is 28.3 Å². The van der Waals surface area contributed by atoms with Gasteiger partial charge in [-0.2, -0.15) is 4.39 Å². The van der Waals surface area contributed by atoms with Gasteiger partial charge in [0.2, 0.25) is 11.7 Å². The number of amides is 1. The van der Waals surface area contributed by atoms with Crippen LogP contribution in [0.3, 0.4) is 0 Å². The Kier molecular flexibility index (Phi) is 7.25. The number of hydrogen-bond donors (Lipinski definition) is 1. The summed E-state index contributed by atoms with van der Waals surface area (Å²) in [7, 11) is 1.49. The molecule has 1 fully saturated rings. The van der Waals surface area contributed by atoms with E-state index in [4.69, 9.17) is 19.9 Å². The highest BCUT2D eigenvalue weighted by Gasteiger charge is 2.29. The number of nitrogens with two attached hydrogens (primary N) is 1. The van der Waals surface area contributed by atoms with Crippen LogP contribution in [0.5, 0.6) is 5.75 Å². The van der Waals surface area contributed by atoms with E-state index in [0.717, 1.165) is 12.1 Å². The molecule has 1 aliphatic rings. The number of carbonyl (C=O) groups excluding carboxylic acids is 1. The van der Waals surface area contributed by atoms with Crippen LogP contribution >= 0.6 is 0 Å². The zero-order valence-corrected chi connectivity index (χ0v) is 14.5. The number of benzene rings is 1. The highest BCUT2D eigenvalue weighted by molar-refractivity contribution is 5.80. The molecule has 0 aliphatic carbocycles. The van der Waals surface area contributed by atoms with E-state index in [2.05, 4.69) is 0 Å². The van der Waals surface area contributed by atoms with E-state index in [9.17, 15) is 19.3 Å². The van der Waals surface area contributed by atoms with Crippen LogP contribution in [0.4, 0.5) is 10.1 Å². The minimum absolute atomic E-state index is 0.0682. The number of hydrogen-bond acceptors (Lipinski definition) is 7. The average Bonchev–Trinajstić information content (AvgIpc) is 2.61. The molecule has 2 rings (SSSR count). The smallest absolute Gasteiger partial charge is 0.305 e. The fraction of sp³-hybridized carbons (Fsp3) is 0.562. The lowest BCUT2D eigenvalue weighted by Gasteiger charge is -2.32. The molecule has 9 nitrogen and oxygen atoms in total. The van der Waals surface area contributed by atoms with Crippen molar-refractivity contribution in [1.82, 2.24) is 4.90 Å². The van der Waals surface area contributed by atoms with Gasteiger partial charge in [0.25, 0.3) is 0 Å². The molecular weight excluding hydrogens is 349 g/mol. The summed E-state index contributed by atoms with van der Waals surface area (Å²) in [5.74, 6) is -1.44. The first-order valence-electron chi connectivity index (χ1n) is 8.13. The summed E-state index contributed by atoms with van der Waals surface area (Å²) in [5.41, 5.74) is 5.19. The Balaban J connectivity index is 2.31. The number of nitro groups is 1. The molecule has 26 heavy (non-hydrogen) atoms. The molecule has 1 atom stereocenters. The number of rotatable bonds is 9. The number of halogens is 1. The summed E-state index contributed by atoms with van der Waals surface area (Å²) in [5, 5.41) is 11.1. The van der Waals surface area contributed by atoms with E-state index >= 15 is 0 Å². The van der Waals surface area contributed by atoms with Gasteiger partial charge < -0.3 is 19.9 Å². The standard InChI is InChI=1S/C16H22FN3O6/c1-24-6-7-26-15-10-12(17)13(20(22)23)8-11(15)9-14(16(18)21)19-2-4-25-5-3-19/h8,10,14H,2-7,9H2,1H3,(H2,18,21)/t14-/m0/s1. The third kappa shape index (κ3) is 5.10. The Labute approximate surface area is 149 Å². The number of ether oxygens (including phenoxy) is 3. The molecule has 0 unspecified atom stereocenters. The predicted octanol–water partition coefficient (Wildman–Crippen LogP) is 0.488. The van der Waals surface area contributed by atoms with Crippen LogP contribution in [0.25, 0.3) is 0 Å². The average molecular weight is 371 g/mol. The molecule has 0 aromatic heterocycles. The van der Waals surface area contributed by atoms with Crippen molar-refractivity contribution in [3.05, 3.63) is 33.6 Å². The minimum atomic E-state index is -1.01. The van der Waals surface area contributed by atoms with Gasteiger partial charge >= 0.3 is 5.69 Å². The van der Waals surface area contributed by atoms with E-state index < -0.39 is 28.4 Å². The molecule has 0 radical (unpaired) electrons. The third-order valence-corrected chi connectivity index (χ3v) is 4.10. The van der Waals surface area contributed by atoms with E-state index in [1.807, 2.05) is 4.90 Å². The Morgan fingerprint density at radius 1 is 1.42 bits per heavy atom. The summed E-state index contributed by atoms with van der Waals surface area (Å²) in [6.07, 6.45) is 0.0682. The summed E-state index contributed by atoms with van der Waals surface area (Å²) in [4.78, 5) is 24.0. The molecule has 1 saturated heterocycles. The second-order valence-corrected chi connectivity index (χ2v) is 5.78. The normalized spacial score (nSPS) is 16.2. The van der Waals surface area contributed by atoms with Gasteiger partial charge in [-0.25, -0.2) is 0 Å². The maximum Gasteiger partial charge on any atom is 0.305 e. The van der Waals surface area contributed by atoms with Gasteiger partial charge in [-0.1, -0.05) is 0 Å². The Morgan fingerprint density at radius 3 is 2.69 bits per heavy atom. The molecular formula is C16H22FN3O6. The Hall–Kier alpha value is -2.30. The summed E-state index contributed by atoms with van der Waals surface area (Å²) in [6, 6.07) is 1.35. The molecule has 0 spiro atoms. The molecule has 10 heteroatoms. The van der Waals surface area contributed by atoms with Crippen LogP contribution < -0.4 is 10.5 Å². The quantitative estimate of drug-likeness (QED) is 0.381. The SMILES string of the molecule is COCCOc1cc(F)c([N+](=O)[O-])cc1C[C@@H](C(N)=O)N1CCOCC1. The van der Waals surface area contributed by atoms with Gasteiger partial charge in [0.15, 0.2) is 0 Å². The molecule has 144 valence electrons. The van der Waals surface area contributed by atoms with Crippen LogP contribution in [-0.4, -0.2) is 68.4 Å². The lowest BCUT2D eigenvalue weighted by Crippen LogP contribution is -2.50. The van der Waals surface area contributed by atoms with Crippen molar-refractivity contribution in [2.45, 2.75) is 12.5 Å². The largest absolute Gasteiger partial charge is 0.491 e. The molecule has 1 heterocycles. The molecule has 1 aromatic rings. The number of morpholine rings is 1. The second kappa shape index (κ2) is 9.41. The van der Waals surface area contributed by atoms with Gasteiger partial charge in [-0.15, -0.1) is 0 Å². The minimum Gasteiger partial charge on any atom is -0.491 e. The van der Waals surface area contributed by atoms with Gasteiger partial charge in [-0.3, -0.25) is 19.8 Å². The maximum atomic E-state index is 14.0. The monoisotopic (exact) mass is 371 g/mol. The fourth-order valence-electron chi connectivity index (χ4n) is 2.76. The van der Waals surface area contributed by atoms with Crippen molar-refractivity contribution in [3.63, 3.8) is 0 Å². The zero-order chi connectivity index (χ0) is 19.1. The van der Waals surface area contributed by atoms with Gasteiger partial charge in [0.1, 0.15) is 12.4 Å². The van der Waals surface area contributed by atoms with Crippen molar-refractivity contribution in [2.24, 2.45) is 5.73 Å². The molecule has 2 N–H and O–H groups in total. The lowest BCUT2D eigenvalue weighted by molar-refractivity contribution is -0.387. The fourth-order valence-corrected chi connectivity index (χ4v) is 2.76. The van der Waals surface area contributed by atoms with E-state index in [1.54, 1.807) is 0 Å². The predicted molar refractivity (Wildman–Crippen MR) is 89.5 cm³/mol. The zero-order valence-electron chi connectivity index (χ0n) is 14.5. The first kappa shape index (κ1) is 20.0. The number of nitro benzene ring substituents is 1. The van der Waals surface area contributed by atoms with Crippen molar-refractivity contribution in [2.75, 3.05) is 46.6 Å². The highest BCUT2D eigenvalue weighted by Crippen LogP contribution is 2.29. The lowest BCUT2D eigenvalue weighted by atomic mass is 10.0. The molecule has 1 amide bonds. The van der Waals surface area contributed by atoms with E-state index in [-0.39, 0.29) is 25.4 Å². The van der Waals surface area contributed by atoms with Gasteiger partial charge in [0.05, 0.1) is 30.8 Å². The Bertz CT molecular complexity index is 651. The van der Waals surface area contributed by atoms with E-state index in [1.165, 1.54) is 7.11 Å². The second-order valence-electron chi connectivity index (χ2n) is 5.78. The van der Waals surface area contributed by atoms with E-state index in [0.29, 0.717) is 31.9 Å². The number of carbonyl (C=O) groups is 1. The number of methoxy groups -OCH3 is 1. The topological polar surface area (TPSA) is 117 Å². The van der Waals surface area contributed by atoms with Crippen LogP contribution in [0.15, 0.2) is 12.1 Å². The third-order valence-electron chi connectivity index (χ3n) is 4.10. The summed E-state index contributed by atoms with van der Waals surface area (Å²) >= 11 is 0. The first-order valence-corrected chi connectivity index (χ1v) is 8.13. The van der Waals surface area contributed by atoms with Crippen molar-refractivity contribution in [3.8, 4) is 5.75 Å². The highest BCUT2D eigenvalue weighted by atomic mass is 19.1. The maximum absolute atomic E-state index is 14.0. The summed E-state index contributed by atoms with van der Waals surface area (Å²) in [6.45, 7) is 2.35. The molecule has 0 saturated carbocycles.